The van der Waals surface area contributed by atoms with Gasteiger partial charge < -0.3 is 10.5 Å². The monoisotopic (exact) mass is 289 g/mol. The zero-order valence-corrected chi connectivity index (χ0v) is 11.6. The van der Waals surface area contributed by atoms with Crippen LogP contribution in [0.15, 0.2) is 24.3 Å². The summed E-state index contributed by atoms with van der Waals surface area (Å²) in [6.07, 6.45) is -4.69. The van der Waals surface area contributed by atoms with Crippen LogP contribution >= 0.6 is 0 Å². The molecule has 0 aliphatic rings. The SMILES string of the molecule is CC(C)(C)OC(=O)[C@@H](N)Cc1ccccc1C(F)(F)F. The lowest BCUT2D eigenvalue weighted by atomic mass is 10.00. The molecule has 0 radical (unpaired) electrons. The molecule has 1 aromatic carbocycles. The maximum Gasteiger partial charge on any atom is 0.416 e. The van der Waals surface area contributed by atoms with Gasteiger partial charge in [-0.15, -0.1) is 0 Å². The zero-order chi connectivity index (χ0) is 15.6. The third-order valence-corrected chi connectivity index (χ3v) is 2.47. The predicted molar refractivity (Wildman–Crippen MR) is 69.0 cm³/mol. The van der Waals surface area contributed by atoms with E-state index in [1.54, 1.807) is 20.8 Å². The number of carbonyl (C=O) groups is 1. The van der Waals surface area contributed by atoms with Gasteiger partial charge in [-0.1, -0.05) is 18.2 Å². The first-order chi connectivity index (χ1) is 9.00. The van der Waals surface area contributed by atoms with Gasteiger partial charge >= 0.3 is 12.1 Å². The number of benzene rings is 1. The van der Waals surface area contributed by atoms with Gasteiger partial charge in [0.25, 0.3) is 0 Å². The van der Waals surface area contributed by atoms with E-state index in [0.717, 1.165) is 6.07 Å². The minimum Gasteiger partial charge on any atom is -0.459 e. The van der Waals surface area contributed by atoms with Gasteiger partial charge in [-0.05, 0) is 38.8 Å². The Morgan fingerprint density at radius 1 is 1.25 bits per heavy atom. The summed E-state index contributed by atoms with van der Waals surface area (Å²) in [6, 6.07) is 3.93. The maximum absolute atomic E-state index is 12.8. The van der Waals surface area contributed by atoms with E-state index in [2.05, 4.69) is 0 Å². The lowest BCUT2D eigenvalue weighted by Crippen LogP contribution is -2.39. The number of hydrogen-bond donors (Lipinski definition) is 1. The number of esters is 1. The standard InChI is InChI=1S/C14H18F3NO2/c1-13(2,3)20-12(19)11(18)8-9-6-4-5-7-10(9)14(15,16)17/h4-7,11H,8,18H2,1-3H3/t11-/m0/s1. The van der Waals surface area contributed by atoms with E-state index in [1.807, 2.05) is 0 Å². The molecule has 0 bridgehead atoms. The summed E-state index contributed by atoms with van der Waals surface area (Å²) < 4.78 is 43.5. The van der Waals surface area contributed by atoms with Crippen LogP contribution in [-0.4, -0.2) is 17.6 Å². The molecule has 0 aliphatic carbocycles. The highest BCUT2D eigenvalue weighted by Crippen LogP contribution is 2.32. The van der Waals surface area contributed by atoms with Crippen LogP contribution in [0.5, 0.6) is 0 Å². The van der Waals surface area contributed by atoms with E-state index in [-0.39, 0.29) is 12.0 Å². The molecule has 0 unspecified atom stereocenters. The number of nitrogens with two attached hydrogens (primary N) is 1. The highest BCUT2D eigenvalue weighted by Gasteiger charge is 2.34. The van der Waals surface area contributed by atoms with Crippen molar-refractivity contribution in [1.82, 2.24) is 0 Å². The lowest BCUT2D eigenvalue weighted by Gasteiger charge is -2.22. The van der Waals surface area contributed by atoms with Crippen LogP contribution in [-0.2, 0) is 22.1 Å². The Kier molecular flexibility index (Phi) is 4.81. The summed E-state index contributed by atoms with van der Waals surface area (Å²) in [7, 11) is 0. The van der Waals surface area contributed by atoms with E-state index in [4.69, 9.17) is 10.5 Å². The van der Waals surface area contributed by atoms with E-state index in [0.29, 0.717) is 0 Å². The molecule has 1 aromatic rings. The molecule has 0 amide bonds. The number of halogens is 3. The Morgan fingerprint density at radius 2 is 1.80 bits per heavy atom. The minimum absolute atomic E-state index is 0.0154. The van der Waals surface area contributed by atoms with Gasteiger partial charge in [0, 0.05) is 0 Å². The molecular formula is C14H18F3NO2. The highest BCUT2D eigenvalue weighted by atomic mass is 19.4. The van der Waals surface area contributed by atoms with Crippen LogP contribution in [0.4, 0.5) is 13.2 Å². The van der Waals surface area contributed by atoms with Crippen molar-refractivity contribution in [3.05, 3.63) is 35.4 Å². The molecule has 0 heterocycles. The molecule has 3 nitrogen and oxygen atoms in total. The summed E-state index contributed by atoms with van der Waals surface area (Å²) >= 11 is 0. The Morgan fingerprint density at radius 3 is 2.30 bits per heavy atom. The van der Waals surface area contributed by atoms with Crippen molar-refractivity contribution < 1.29 is 22.7 Å². The molecule has 0 fully saturated rings. The molecule has 0 saturated carbocycles. The highest BCUT2D eigenvalue weighted by molar-refractivity contribution is 5.76. The number of ether oxygens (including phenoxy) is 1. The van der Waals surface area contributed by atoms with E-state index < -0.39 is 29.4 Å². The minimum atomic E-state index is -4.47. The fourth-order valence-corrected chi connectivity index (χ4v) is 1.67. The van der Waals surface area contributed by atoms with Crippen molar-refractivity contribution in [1.29, 1.82) is 0 Å². The molecule has 20 heavy (non-hydrogen) atoms. The first kappa shape index (κ1) is 16.5. The normalized spacial score (nSPS) is 13.9. The second-order valence-corrected chi connectivity index (χ2v) is 5.50. The fourth-order valence-electron chi connectivity index (χ4n) is 1.67. The van der Waals surface area contributed by atoms with Gasteiger partial charge in [0.2, 0.25) is 0 Å². The molecule has 2 N–H and O–H groups in total. The number of hydrogen-bond acceptors (Lipinski definition) is 3. The van der Waals surface area contributed by atoms with Crippen molar-refractivity contribution in [2.75, 3.05) is 0 Å². The molecule has 1 rings (SSSR count). The molecule has 0 spiro atoms. The van der Waals surface area contributed by atoms with E-state index in [9.17, 15) is 18.0 Å². The molecule has 1 atom stereocenters. The Balaban J connectivity index is 2.86. The first-order valence-electron chi connectivity index (χ1n) is 6.14. The third-order valence-electron chi connectivity index (χ3n) is 2.47. The summed E-state index contributed by atoms with van der Waals surface area (Å²) in [5.41, 5.74) is 4.11. The first-order valence-corrected chi connectivity index (χ1v) is 6.14. The molecule has 0 aromatic heterocycles. The molecular weight excluding hydrogens is 271 g/mol. The van der Waals surface area contributed by atoms with Crippen LogP contribution in [0.1, 0.15) is 31.9 Å². The molecule has 0 aliphatic heterocycles. The summed E-state index contributed by atoms with van der Waals surface area (Å²) in [6.45, 7) is 5.00. The van der Waals surface area contributed by atoms with Crippen LogP contribution < -0.4 is 5.73 Å². The van der Waals surface area contributed by atoms with Crippen LogP contribution in [0.25, 0.3) is 0 Å². The Bertz CT molecular complexity index is 478. The maximum atomic E-state index is 12.8. The Labute approximate surface area is 115 Å². The van der Waals surface area contributed by atoms with Gasteiger partial charge in [0.05, 0.1) is 5.56 Å². The Hall–Kier alpha value is -1.56. The van der Waals surface area contributed by atoms with Gasteiger partial charge in [-0.3, -0.25) is 4.79 Å². The van der Waals surface area contributed by atoms with Gasteiger partial charge in [0.15, 0.2) is 0 Å². The molecule has 0 saturated heterocycles. The molecule has 6 heteroatoms. The van der Waals surface area contributed by atoms with Crippen LogP contribution in [0.3, 0.4) is 0 Å². The zero-order valence-electron chi connectivity index (χ0n) is 11.6. The summed E-state index contributed by atoms with van der Waals surface area (Å²) in [5.74, 6) is -0.713. The predicted octanol–water partition coefficient (Wildman–Crippen LogP) is 2.92. The fraction of sp³-hybridized carbons (Fsp3) is 0.500. The largest absolute Gasteiger partial charge is 0.459 e. The van der Waals surface area contributed by atoms with E-state index >= 15 is 0 Å². The summed E-state index contributed by atoms with van der Waals surface area (Å²) in [5, 5.41) is 0. The van der Waals surface area contributed by atoms with Crippen molar-refractivity contribution >= 4 is 5.97 Å². The smallest absolute Gasteiger partial charge is 0.416 e. The number of carbonyl (C=O) groups excluding carboxylic acids is 1. The third kappa shape index (κ3) is 4.85. The van der Waals surface area contributed by atoms with Crippen molar-refractivity contribution in [3.8, 4) is 0 Å². The van der Waals surface area contributed by atoms with Gasteiger partial charge in [-0.2, -0.15) is 13.2 Å². The molecule has 112 valence electrons. The number of rotatable bonds is 3. The second-order valence-electron chi connectivity index (χ2n) is 5.50. The number of alkyl halides is 3. The van der Waals surface area contributed by atoms with Crippen LogP contribution in [0, 0.1) is 0 Å². The van der Waals surface area contributed by atoms with Crippen molar-refractivity contribution in [3.63, 3.8) is 0 Å². The van der Waals surface area contributed by atoms with E-state index in [1.165, 1.54) is 18.2 Å². The second kappa shape index (κ2) is 5.83. The average Bonchev–Trinajstić information content (AvgIpc) is 2.25. The topological polar surface area (TPSA) is 52.3 Å². The van der Waals surface area contributed by atoms with Crippen LogP contribution in [0.2, 0.25) is 0 Å². The lowest BCUT2D eigenvalue weighted by molar-refractivity contribution is -0.156. The van der Waals surface area contributed by atoms with Gasteiger partial charge in [-0.25, -0.2) is 0 Å². The average molecular weight is 289 g/mol. The quantitative estimate of drug-likeness (QED) is 0.870. The summed E-state index contributed by atoms with van der Waals surface area (Å²) in [4.78, 5) is 11.7. The van der Waals surface area contributed by atoms with Crippen molar-refractivity contribution in [2.45, 2.75) is 45.0 Å². The van der Waals surface area contributed by atoms with Gasteiger partial charge in [0.1, 0.15) is 11.6 Å². The van der Waals surface area contributed by atoms with Crippen molar-refractivity contribution in [2.24, 2.45) is 5.73 Å².